The summed E-state index contributed by atoms with van der Waals surface area (Å²) < 4.78 is 5.17. The van der Waals surface area contributed by atoms with Crippen molar-refractivity contribution >= 4 is 29.3 Å². The summed E-state index contributed by atoms with van der Waals surface area (Å²) in [6.07, 6.45) is 0. The highest BCUT2D eigenvalue weighted by Gasteiger charge is 2.21. The Bertz CT molecular complexity index is 832. The fraction of sp³-hybridized carbons (Fsp3) is 0.294. The van der Waals surface area contributed by atoms with Gasteiger partial charge in [-0.15, -0.1) is 0 Å². The van der Waals surface area contributed by atoms with Crippen LogP contribution in [0, 0.1) is 13.8 Å². The summed E-state index contributed by atoms with van der Waals surface area (Å²) in [6.45, 7) is 5.47. The molecule has 0 saturated heterocycles. The molecule has 0 aliphatic carbocycles. The number of anilines is 3. The van der Waals surface area contributed by atoms with Gasteiger partial charge >= 0.3 is 0 Å². The largest absolute Gasteiger partial charge is 0.480 e. The monoisotopic (exact) mass is 358 g/mol. The summed E-state index contributed by atoms with van der Waals surface area (Å²) in [5.74, 6) is -1.10. The molecule has 138 valence electrons. The third kappa shape index (κ3) is 4.38. The average molecular weight is 358 g/mol. The molecule has 1 aromatic carbocycles. The smallest absolute Gasteiger partial charge is 0.258 e. The molecule has 0 aliphatic heterocycles. The second-order valence-electron chi connectivity index (χ2n) is 5.91. The number of amides is 2. The average Bonchev–Trinajstić information content (AvgIpc) is 2.52. The summed E-state index contributed by atoms with van der Waals surface area (Å²) in [6, 6.07) is 5.09. The minimum Gasteiger partial charge on any atom is -0.480 e. The number of nitrogens with one attached hydrogen (secondary N) is 2. The lowest BCUT2D eigenvalue weighted by Crippen LogP contribution is -2.33. The normalized spacial score (nSPS) is 11.5. The maximum atomic E-state index is 11.9. The number of ether oxygens (including phenoxy) is 1. The van der Waals surface area contributed by atoms with Gasteiger partial charge in [0, 0.05) is 5.69 Å². The Morgan fingerprint density at radius 1 is 1.12 bits per heavy atom. The molecule has 1 aromatic heterocycles. The summed E-state index contributed by atoms with van der Waals surface area (Å²) in [7, 11) is 1.36. The first kappa shape index (κ1) is 19.0. The number of nitrogens with two attached hydrogens (primary N) is 2. The Balaban J connectivity index is 2.52. The van der Waals surface area contributed by atoms with E-state index in [1.54, 1.807) is 6.92 Å². The third-order valence-corrected chi connectivity index (χ3v) is 3.57. The first-order valence-electron chi connectivity index (χ1n) is 7.88. The Morgan fingerprint density at radius 2 is 1.73 bits per heavy atom. The fourth-order valence-electron chi connectivity index (χ4n) is 2.41. The van der Waals surface area contributed by atoms with E-state index in [9.17, 15) is 9.59 Å². The van der Waals surface area contributed by atoms with Gasteiger partial charge in [-0.2, -0.15) is 9.97 Å². The van der Waals surface area contributed by atoms with Crippen molar-refractivity contribution in [2.75, 3.05) is 17.7 Å². The van der Waals surface area contributed by atoms with Crippen molar-refractivity contribution in [3.05, 3.63) is 34.9 Å². The van der Waals surface area contributed by atoms with Gasteiger partial charge in [-0.25, -0.2) is 0 Å². The molecule has 9 nitrogen and oxygen atoms in total. The number of nitrogens with zero attached hydrogens (tertiary/aromatic N) is 2. The lowest BCUT2D eigenvalue weighted by atomic mass is 10.1. The molecule has 0 saturated carbocycles. The van der Waals surface area contributed by atoms with Gasteiger partial charge in [0.2, 0.25) is 17.7 Å². The summed E-state index contributed by atoms with van der Waals surface area (Å²) in [5.41, 5.74) is 13.5. The maximum Gasteiger partial charge on any atom is 0.258 e. The molecule has 2 amide bonds. The fourth-order valence-corrected chi connectivity index (χ4v) is 2.41. The van der Waals surface area contributed by atoms with E-state index in [2.05, 4.69) is 20.6 Å². The predicted octanol–water partition coefficient (Wildman–Crippen LogP) is 1.23. The number of benzene rings is 1. The van der Waals surface area contributed by atoms with Crippen molar-refractivity contribution in [2.45, 2.75) is 26.8 Å². The Labute approximate surface area is 151 Å². The van der Waals surface area contributed by atoms with Gasteiger partial charge in [0.1, 0.15) is 11.6 Å². The lowest BCUT2D eigenvalue weighted by Gasteiger charge is -2.16. The number of hydrogen-bond donors (Lipinski definition) is 4. The van der Waals surface area contributed by atoms with Crippen molar-refractivity contribution in [2.24, 2.45) is 11.5 Å². The zero-order chi connectivity index (χ0) is 19.4. The molecule has 0 radical (unpaired) electrons. The number of hydrogen-bond acceptors (Lipinski definition) is 7. The summed E-state index contributed by atoms with van der Waals surface area (Å²) in [4.78, 5) is 31.5. The van der Waals surface area contributed by atoms with Gasteiger partial charge in [-0.3, -0.25) is 9.59 Å². The van der Waals surface area contributed by atoms with Crippen LogP contribution < -0.4 is 26.8 Å². The molecule has 0 bridgehead atoms. The van der Waals surface area contributed by atoms with Gasteiger partial charge < -0.3 is 26.8 Å². The van der Waals surface area contributed by atoms with E-state index in [1.165, 1.54) is 7.11 Å². The minimum absolute atomic E-state index is 0.00365. The van der Waals surface area contributed by atoms with Gasteiger partial charge in [-0.05, 0) is 44.0 Å². The van der Waals surface area contributed by atoms with Crippen LogP contribution in [0.15, 0.2) is 18.2 Å². The predicted molar refractivity (Wildman–Crippen MR) is 98.6 cm³/mol. The number of rotatable bonds is 7. The quantitative estimate of drug-likeness (QED) is 0.582. The zero-order valence-corrected chi connectivity index (χ0v) is 15.1. The van der Waals surface area contributed by atoms with Crippen LogP contribution in [0.1, 0.15) is 28.4 Å². The topological polar surface area (TPSA) is 145 Å². The Kier molecular flexibility index (Phi) is 5.61. The van der Waals surface area contributed by atoms with Crippen molar-refractivity contribution in [1.82, 2.24) is 9.97 Å². The lowest BCUT2D eigenvalue weighted by molar-refractivity contribution is -0.118. The summed E-state index contributed by atoms with van der Waals surface area (Å²) in [5, 5.41) is 5.83. The molecule has 0 spiro atoms. The molecule has 9 heteroatoms. The molecule has 0 fully saturated rings. The van der Waals surface area contributed by atoms with Crippen molar-refractivity contribution in [3.63, 3.8) is 0 Å². The molecule has 1 heterocycles. The van der Waals surface area contributed by atoms with Crippen LogP contribution in [0.5, 0.6) is 5.88 Å². The molecule has 2 aromatic rings. The highest BCUT2D eigenvalue weighted by atomic mass is 16.5. The van der Waals surface area contributed by atoms with Crippen LogP contribution in [0.3, 0.4) is 0 Å². The third-order valence-electron chi connectivity index (χ3n) is 3.57. The SMILES string of the molecule is COc1nc(N[C@H](C)C(N)=O)nc(Nc2cc(C)cc(C)c2)c1C(N)=O. The van der Waals surface area contributed by atoms with Crippen molar-refractivity contribution < 1.29 is 14.3 Å². The minimum atomic E-state index is -0.747. The van der Waals surface area contributed by atoms with E-state index in [0.717, 1.165) is 16.8 Å². The zero-order valence-electron chi connectivity index (χ0n) is 15.1. The number of methoxy groups -OCH3 is 1. The number of aryl methyl sites for hydroxylation is 2. The maximum absolute atomic E-state index is 11.9. The van der Waals surface area contributed by atoms with Crippen LogP contribution >= 0.6 is 0 Å². The van der Waals surface area contributed by atoms with Crippen molar-refractivity contribution in [1.29, 1.82) is 0 Å². The standard InChI is InChI=1S/C17H22N6O3/c1-8-5-9(2)7-11(6-8)21-15-12(14(19)25)16(26-4)23-17(22-15)20-10(3)13(18)24/h5-7,10H,1-4H3,(H2,18,24)(H2,19,25)(H2,20,21,22,23)/t10-/m1/s1. The van der Waals surface area contributed by atoms with Crippen LogP contribution in [-0.2, 0) is 4.79 Å². The van der Waals surface area contributed by atoms with E-state index < -0.39 is 17.9 Å². The van der Waals surface area contributed by atoms with Gasteiger partial charge in [0.05, 0.1) is 7.11 Å². The molecule has 26 heavy (non-hydrogen) atoms. The molecular weight excluding hydrogens is 336 g/mol. The van der Waals surface area contributed by atoms with E-state index in [1.807, 2.05) is 32.0 Å². The van der Waals surface area contributed by atoms with Crippen LogP contribution in [0.4, 0.5) is 17.5 Å². The first-order valence-corrected chi connectivity index (χ1v) is 7.88. The highest BCUT2D eigenvalue weighted by Crippen LogP contribution is 2.28. The van der Waals surface area contributed by atoms with Gasteiger partial charge in [0.25, 0.3) is 5.91 Å². The number of carbonyl (C=O) groups excluding carboxylic acids is 2. The molecule has 0 unspecified atom stereocenters. The van der Waals surface area contributed by atoms with Crippen LogP contribution in [0.25, 0.3) is 0 Å². The van der Waals surface area contributed by atoms with Gasteiger partial charge in [0.15, 0.2) is 5.82 Å². The van der Waals surface area contributed by atoms with E-state index >= 15 is 0 Å². The molecular formula is C17H22N6O3. The first-order chi connectivity index (χ1) is 12.2. The highest BCUT2D eigenvalue weighted by molar-refractivity contribution is 6.00. The van der Waals surface area contributed by atoms with E-state index in [-0.39, 0.29) is 23.2 Å². The Hall–Kier alpha value is -3.36. The summed E-state index contributed by atoms with van der Waals surface area (Å²) >= 11 is 0. The number of primary amides is 2. The van der Waals surface area contributed by atoms with Crippen molar-refractivity contribution in [3.8, 4) is 5.88 Å². The second kappa shape index (κ2) is 7.68. The molecule has 6 N–H and O–H groups in total. The second-order valence-corrected chi connectivity index (χ2v) is 5.91. The number of carbonyl (C=O) groups is 2. The van der Waals surface area contributed by atoms with E-state index in [4.69, 9.17) is 16.2 Å². The van der Waals surface area contributed by atoms with Gasteiger partial charge in [-0.1, -0.05) is 6.07 Å². The number of aromatic nitrogens is 2. The van der Waals surface area contributed by atoms with E-state index in [0.29, 0.717) is 0 Å². The molecule has 2 rings (SSSR count). The Morgan fingerprint density at radius 3 is 2.23 bits per heavy atom. The van der Waals surface area contributed by atoms with Crippen LogP contribution in [0.2, 0.25) is 0 Å². The molecule has 1 atom stereocenters. The molecule has 0 aliphatic rings. The van der Waals surface area contributed by atoms with Crippen LogP contribution in [-0.4, -0.2) is 34.9 Å².